The van der Waals surface area contributed by atoms with Crippen LogP contribution < -0.4 is 0 Å². The molecule has 0 unspecified atom stereocenters. The van der Waals surface area contributed by atoms with Gasteiger partial charge in [-0.2, -0.15) is 0 Å². The van der Waals surface area contributed by atoms with Crippen LogP contribution in [0.2, 0.25) is 0 Å². The van der Waals surface area contributed by atoms with Gasteiger partial charge in [0.05, 0.1) is 5.69 Å². The Morgan fingerprint density at radius 2 is 2.25 bits per heavy atom. The molecule has 0 aliphatic carbocycles. The van der Waals surface area contributed by atoms with Crippen molar-refractivity contribution < 1.29 is 0 Å². The van der Waals surface area contributed by atoms with Gasteiger partial charge in [0.25, 0.3) is 0 Å². The van der Waals surface area contributed by atoms with Gasteiger partial charge in [0.15, 0.2) is 0 Å². The van der Waals surface area contributed by atoms with Gasteiger partial charge < -0.3 is 0 Å². The van der Waals surface area contributed by atoms with Crippen molar-refractivity contribution in [3.05, 3.63) is 35.9 Å². The molecule has 0 radical (unpaired) electrons. The summed E-state index contributed by atoms with van der Waals surface area (Å²) in [4.78, 5) is 8.33. The molecule has 62 valence electrons. The number of aromatic nitrogens is 2. The van der Waals surface area contributed by atoms with E-state index in [1.165, 1.54) is 0 Å². The van der Waals surface area contributed by atoms with Crippen molar-refractivity contribution in [1.82, 2.24) is 9.97 Å². The second-order valence-electron chi connectivity index (χ2n) is 2.46. The van der Waals surface area contributed by atoms with Crippen LogP contribution in [0.4, 0.5) is 0 Å². The highest BCUT2D eigenvalue weighted by molar-refractivity contribution is 5.60. The largest absolute Gasteiger partial charge is 0.241 e. The highest BCUT2D eigenvalue weighted by Crippen LogP contribution is 2.08. The van der Waals surface area contributed by atoms with Crippen LogP contribution in [0, 0.1) is 6.92 Å². The average molecular weight is 160 g/mol. The fourth-order valence-electron chi connectivity index (χ4n) is 0.968. The normalized spacial score (nSPS) is 10.5. The summed E-state index contributed by atoms with van der Waals surface area (Å²) in [5.41, 5.74) is 1.90. The fraction of sp³-hybridized carbons (Fsp3) is 0.200. The molecular weight excluding hydrogens is 148 g/mol. The summed E-state index contributed by atoms with van der Waals surface area (Å²) in [5, 5.41) is 0. The Balaban J connectivity index is 3.19. The number of allylic oxidation sites excluding steroid dienone is 1. The molecule has 0 saturated heterocycles. The summed E-state index contributed by atoms with van der Waals surface area (Å²) < 4.78 is 0. The van der Waals surface area contributed by atoms with Gasteiger partial charge in [0, 0.05) is 11.8 Å². The lowest BCUT2D eigenvalue weighted by Gasteiger charge is -1.99. The van der Waals surface area contributed by atoms with Crippen LogP contribution in [0.5, 0.6) is 0 Å². The van der Waals surface area contributed by atoms with Gasteiger partial charge in [0.1, 0.15) is 5.82 Å². The lowest BCUT2D eigenvalue weighted by Crippen LogP contribution is -1.92. The van der Waals surface area contributed by atoms with Crippen molar-refractivity contribution in [1.29, 1.82) is 0 Å². The molecule has 1 heterocycles. The number of aryl methyl sites for hydroxylation is 1. The smallest absolute Gasteiger partial charge is 0.125 e. The lowest BCUT2D eigenvalue weighted by atomic mass is 10.2. The summed E-state index contributed by atoms with van der Waals surface area (Å²) >= 11 is 0. The molecule has 0 aliphatic rings. The second kappa shape index (κ2) is 3.81. The predicted molar refractivity (Wildman–Crippen MR) is 51.6 cm³/mol. The zero-order valence-corrected chi connectivity index (χ0v) is 7.41. The summed E-state index contributed by atoms with van der Waals surface area (Å²) in [6.45, 7) is 7.52. The van der Waals surface area contributed by atoms with Crippen LogP contribution in [0.15, 0.2) is 18.9 Å². The molecule has 1 rings (SSSR count). The van der Waals surface area contributed by atoms with Crippen molar-refractivity contribution >= 4 is 12.2 Å². The zero-order chi connectivity index (χ0) is 8.97. The molecule has 0 amide bonds. The molecule has 0 N–H and O–H groups in total. The van der Waals surface area contributed by atoms with Crippen LogP contribution in [0.25, 0.3) is 12.2 Å². The van der Waals surface area contributed by atoms with Crippen LogP contribution in [0.1, 0.15) is 24.0 Å². The van der Waals surface area contributed by atoms with Crippen molar-refractivity contribution in [2.45, 2.75) is 13.8 Å². The molecule has 0 bridgehead atoms. The SMILES string of the molecule is C=Cc1nc(C)ncc1/C=C\C. The topological polar surface area (TPSA) is 25.8 Å². The minimum Gasteiger partial charge on any atom is -0.241 e. The van der Waals surface area contributed by atoms with Gasteiger partial charge in [-0.15, -0.1) is 0 Å². The van der Waals surface area contributed by atoms with E-state index in [2.05, 4.69) is 16.5 Å². The van der Waals surface area contributed by atoms with E-state index in [0.29, 0.717) is 0 Å². The van der Waals surface area contributed by atoms with Crippen LogP contribution >= 0.6 is 0 Å². The first-order chi connectivity index (χ1) is 5.77. The van der Waals surface area contributed by atoms with Crippen molar-refractivity contribution in [3.63, 3.8) is 0 Å². The number of nitrogens with zero attached hydrogens (tertiary/aromatic N) is 2. The molecular formula is C10H12N2. The Hall–Kier alpha value is -1.44. The molecule has 0 fully saturated rings. The third kappa shape index (κ3) is 1.78. The minimum atomic E-state index is 0.776. The van der Waals surface area contributed by atoms with E-state index >= 15 is 0 Å². The van der Waals surface area contributed by atoms with Crippen molar-refractivity contribution in [2.24, 2.45) is 0 Å². The maximum atomic E-state index is 4.23. The minimum absolute atomic E-state index is 0.776. The van der Waals surface area contributed by atoms with E-state index in [1.54, 1.807) is 12.3 Å². The Morgan fingerprint density at radius 3 is 2.83 bits per heavy atom. The fourth-order valence-corrected chi connectivity index (χ4v) is 0.968. The van der Waals surface area contributed by atoms with E-state index in [0.717, 1.165) is 17.1 Å². The number of rotatable bonds is 2. The molecule has 0 atom stereocenters. The van der Waals surface area contributed by atoms with Crippen LogP contribution in [-0.4, -0.2) is 9.97 Å². The molecule has 12 heavy (non-hydrogen) atoms. The van der Waals surface area contributed by atoms with Crippen LogP contribution in [0.3, 0.4) is 0 Å². The first kappa shape index (κ1) is 8.65. The molecule has 0 spiro atoms. The maximum absolute atomic E-state index is 4.23. The standard InChI is InChI=1S/C10H12N2/c1-4-6-9-7-11-8(3)12-10(9)5-2/h4-7H,2H2,1,3H3/b6-4-. The monoisotopic (exact) mass is 160 g/mol. The van der Waals surface area contributed by atoms with Crippen LogP contribution in [-0.2, 0) is 0 Å². The number of hydrogen-bond donors (Lipinski definition) is 0. The average Bonchev–Trinajstić information content (AvgIpc) is 2.08. The highest BCUT2D eigenvalue weighted by Gasteiger charge is 1.97. The predicted octanol–water partition coefficient (Wildman–Crippen LogP) is 2.46. The van der Waals surface area contributed by atoms with Gasteiger partial charge in [-0.3, -0.25) is 0 Å². The molecule has 2 heteroatoms. The molecule has 0 saturated carbocycles. The first-order valence-electron chi connectivity index (χ1n) is 3.86. The summed E-state index contributed by atoms with van der Waals surface area (Å²) in [5.74, 6) is 0.776. The summed E-state index contributed by atoms with van der Waals surface area (Å²) in [6, 6.07) is 0. The van der Waals surface area contributed by atoms with Crippen molar-refractivity contribution in [2.75, 3.05) is 0 Å². The first-order valence-corrected chi connectivity index (χ1v) is 3.86. The molecule has 1 aromatic heterocycles. The molecule has 0 aliphatic heterocycles. The zero-order valence-electron chi connectivity index (χ0n) is 7.41. The summed E-state index contributed by atoms with van der Waals surface area (Å²) in [6.07, 6.45) is 7.47. The maximum Gasteiger partial charge on any atom is 0.125 e. The van der Waals surface area contributed by atoms with Gasteiger partial charge in [-0.05, 0) is 19.9 Å². The Morgan fingerprint density at radius 1 is 1.50 bits per heavy atom. The Kier molecular flexibility index (Phi) is 2.75. The van der Waals surface area contributed by atoms with Gasteiger partial charge in [-0.25, -0.2) is 9.97 Å². The van der Waals surface area contributed by atoms with Gasteiger partial charge in [0.2, 0.25) is 0 Å². The Labute approximate surface area is 72.7 Å². The highest BCUT2D eigenvalue weighted by atomic mass is 14.9. The van der Waals surface area contributed by atoms with E-state index in [-0.39, 0.29) is 0 Å². The molecule has 2 nitrogen and oxygen atoms in total. The molecule has 0 aromatic carbocycles. The molecule has 1 aromatic rings. The van der Waals surface area contributed by atoms with Crippen molar-refractivity contribution in [3.8, 4) is 0 Å². The quantitative estimate of drug-likeness (QED) is 0.664. The van der Waals surface area contributed by atoms with Gasteiger partial charge >= 0.3 is 0 Å². The van der Waals surface area contributed by atoms with E-state index < -0.39 is 0 Å². The third-order valence-electron chi connectivity index (χ3n) is 1.51. The Bertz CT molecular complexity index is 314. The summed E-state index contributed by atoms with van der Waals surface area (Å²) in [7, 11) is 0. The second-order valence-corrected chi connectivity index (χ2v) is 2.46. The van der Waals surface area contributed by atoms with E-state index in [4.69, 9.17) is 0 Å². The third-order valence-corrected chi connectivity index (χ3v) is 1.51. The van der Waals surface area contributed by atoms with Gasteiger partial charge in [-0.1, -0.05) is 18.7 Å². The van der Waals surface area contributed by atoms with E-state index in [1.807, 2.05) is 26.0 Å². The lowest BCUT2D eigenvalue weighted by molar-refractivity contribution is 1.04. The van der Waals surface area contributed by atoms with E-state index in [9.17, 15) is 0 Å². The number of hydrogen-bond acceptors (Lipinski definition) is 2.